The van der Waals surface area contributed by atoms with Crippen molar-refractivity contribution in [3.63, 3.8) is 0 Å². The fraction of sp³-hybridized carbons (Fsp3) is 0.304. The van der Waals surface area contributed by atoms with Gasteiger partial charge in [0.2, 0.25) is 5.91 Å². The number of H-pyrrole nitrogens is 1. The molecule has 0 spiro atoms. The van der Waals surface area contributed by atoms with E-state index in [-0.39, 0.29) is 18.4 Å². The first-order valence-corrected chi connectivity index (χ1v) is 10.2. The molecular formula is C23H24ClN3O2. The van der Waals surface area contributed by atoms with Gasteiger partial charge >= 0.3 is 0 Å². The number of likely N-dealkylation sites (N-methyl/N-ethyl adjacent to an activating group) is 1. The largest absolute Gasteiger partial charge is 0.358 e. The summed E-state index contributed by atoms with van der Waals surface area (Å²) in [6.07, 6.45) is 3.20. The van der Waals surface area contributed by atoms with Crippen LogP contribution in [0.2, 0.25) is 5.02 Å². The summed E-state index contributed by atoms with van der Waals surface area (Å²) in [5.41, 5.74) is 4.56. The maximum absolute atomic E-state index is 13.1. The smallest absolute Gasteiger partial charge is 0.256 e. The number of hydrogen-bond donors (Lipinski definition) is 2. The molecule has 1 aromatic heterocycles. The molecule has 0 bridgehead atoms. The highest BCUT2D eigenvalue weighted by Gasteiger charge is 2.24. The molecule has 2 N–H and O–H groups in total. The van der Waals surface area contributed by atoms with Crippen LogP contribution in [-0.2, 0) is 17.6 Å². The van der Waals surface area contributed by atoms with Crippen LogP contribution < -0.4 is 5.32 Å². The molecule has 5 nitrogen and oxygen atoms in total. The van der Waals surface area contributed by atoms with Crippen LogP contribution in [-0.4, -0.2) is 35.3 Å². The summed E-state index contributed by atoms with van der Waals surface area (Å²) < 4.78 is 0. The predicted molar refractivity (Wildman–Crippen MR) is 117 cm³/mol. The van der Waals surface area contributed by atoms with E-state index >= 15 is 0 Å². The van der Waals surface area contributed by atoms with Crippen molar-refractivity contribution in [3.8, 4) is 0 Å². The lowest BCUT2D eigenvalue weighted by atomic mass is 9.87. The summed E-state index contributed by atoms with van der Waals surface area (Å²) in [5.74, 6) is 0.175. The quantitative estimate of drug-likeness (QED) is 0.658. The van der Waals surface area contributed by atoms with Crippen LogP contribution in [0.15, 0.2) is 42.5 Å². The van der Waals surface area contributed by atoms with E-state index < -0.39 is 0 Å². The zero-order chi connectivity index (χ0) is 20.5. The van der Waals surface area contributed by atoms with Gasteiger partial charge in [-0.3, -0.25) is 9.59 Å². The first kappa shape index (κ1) is 19.5. The molecular weight excluding hydrogens is 386 g/mol. The Morgan fingerprint density at radius 1 is 1.21 bits per heavy atom. The third kappa shape index (κ3) is 3.87. The molecule has 0 fully saturated rings. The van der Waals surface area contributed by atoms with Crippen molar-refractivity contribution in [2.24, 2.45) is 5.92 Å². The lowest BCUT2D eigenvalue weighted by molar-refractivity contribution is -0.116. The van der Waals surface area contributed by atoms with Crippen LogP contribution in [0.5, 0.6) is 0 Å². The summed E-state index contributed by atoms with van der Waals surface area (Å²) in [7, 11) is 1.64. The van der Waals surface area contributed by atoms with Crippen molar-refractivity contribution < 1.29 is 9.59 Å². The molecule has 0 saturated heterocycles. The molecule has 150 valence electrons. The van der Waals surface area contributed by atoms with Gasteiger partial charge in [-0.05, 0) is 48.9 Å². The third-order valence-corrected chi connectivity index (χ3v) is 5.90. The molecule has 29 heavy (non-hydrogen) atoms. The van der Waals surface area contributed by atoms with Gasteiger partial charge in [-0.15, -0.1) is 0 Å². The van der Waals surface area contributed by atoms with Crippen LogP contribution >= 0.6 is 11.6 Å². The number of carbonyl (C=O) groups is 2. The van der Waals surface area contributed by atoms with E-state index in [1.165, 1.54) is 16.2 Å². The Kier molecular flexibility index (Phi) is 5.33. The minimum absolute atomic E-state index is 0.0576. The zero-order valence-corrected chi connectivity index (χ0v) is 17.3. The Morgan fingerprint density at radius 2 is 2.00 bits per heavy atom. The molecule has 1 unspecified atom stereocenters. The van der Waals surface area contributed by atoms with Crippen LogP contribution in [0.25, 0.3) is 10.9 Å². The van der Waals surface area contributed by atoms with Gasteiger partial charge < -0.3 is 15.2 Å². The lowest BCUT2D eigenvalue weighted by Gasteiger charge is -2.18. The average molecular weight is 410 g/mol. The molecule has 1 aliphatic carbocycles. The minimum Gasteiger partial charge on any atom is -0.358 e. The zero-order valence-electron chi connectivity index (χ0n) is 16.6. The molecule has 1 aliphatic rings. The van der Waals surface area contributed by atoms with Crippen molar-refractivity contribution in [2.45, 2.75) is 26.2 Å². The van der Waals surface area contributed by atoms with E-state index in [0.29, 0.717) is 22.2 Å². The molecule has 3 aromatic rings. The molecule has 0 saturated carbocycles. The van der Waals surface area contributed by atoms with E-state index in [1.54, 1.807) is 31.3 Å². The van der Waals surface area contributed by atoms with E-state index in [9.17, 15) is 9.59 Å². The number of aromatic nitrogens is 1. The van der Waals surface area contributed by atoms with Crippen molar-refractivity contribution in [1.29, 1.82) is 0 Å². The van der Waals surface area contributed by atoms with Gasteiger partial charge in [-0.25, -0.2) is 0 Å². The molecule has 4 rings (SSSR count). The van der Waals surface area contributed by atoms with E-state index in [1.807, 2.05) is 12.1 Å². The van der Waals surface area contributed by atoms with Gasteiger partial charge in [-0.1, -0.05) is 42.8 Å². The Balaban J connectivity index is 1.54. The number of rotatable bonds is 4. The number of nitrogens with zero attached hydrogens (tertiary/aromatic N) is 1. The lowest BCUT2D eigenvalue weighted by Crippen LogP contribution is -2.35. The number of hydrogen-bond acceptors (Lipinski definition) is 2. The van der Waals surface area contributed by atoms with Crippen LogP contribution in [0.3, 0.4) is 0 Å². The number of amides is 2. The fourth-order valence-electron chi connectivity index (χ4n) is 4.04. The van der Waals surface area contributed by atoms with E-state index in [4.69, 9.17) is 11.6 Å². The number of anilines is 1. The molecule has 1 atom stereocenters. The summed E-state index contributed by atoms with van der Waals surface area (Å²) in [5, 5.41) is 4.34. The maximum Gasteiger partial charge on any atom is 0.256 e. The number of aromatic amines is 1. The van der Waals surface area contributed by atoms with E-state index in [2.05, 4.69) is 23.3 Å². The molecule has 6 heteroatoms. The second-order valence-corrected chi connectivity index (χ2v) is 8.25. The highest BCUT2D eigenvalue weighted by molar-refractivity contribution is 6.33. The Labute approximate surface area is 175 Å². The molecule has 0 aliphatic heterocycles. The minimum atomic E-state index is -0.291. The summed E-state index contributed by atoms with van der Waals surface area (Å²) in [4.78, 5) is 30.4. The second-order valence-electron chi connectivity index (χ2n) is 7.85. The fourth-order valence-corrected chi connectivity index (χ4v) is 4.22. The monoisotopic (exact) mass is 409 g/mol. The van der Waals surface area contributed by atoms with Gasteiger partial charge in [0.1, 0.15) is 0 Å². The molecule has 2 amide bonds. The number of nitrogens with one attached hydrogen (secondary N) is 2. The number of aryl methyl sites for hydroxylation is 1. The first-order valence-electron chi connectivity index (χ1n) is 9.86. The molecule has 1 heterocycles. The highest BCUT2D eigenvalue weighted by Crippen LogP contribution is 2.33. The average Bonchev–Trinajstić information content (AvgIpc) is 3.07. The number of fused-ring (bicyclic) bond motifs is 3. The van der Waals surface area contributed by atoms with Crippen molar-refractivity contribution in [3.05, 3.63) is 64.3 Å². The third-order valence-electron chi connectivity index (χ3n) is 5.58. The summed E-state index contributed by atoms with van der Waals surface area (Å²) in [6.45, 7) is 2.21. The first-order chi connectivity index (χ1) is 13.9. The van der Waals surface area contributed by atoms with Crippen LogP contribution in [0.1, 0.15) is 35.0 Å². The number of benzene rings is 2. The van der Waals surface area contributed by atoms with E-state index in [0.717, 1.165) is 30.2 Å². The van der Waals surface area contributed by atoms with Gasteiger partial charge in [0.05, 0.1) is 28.3 Å². The van der Waals surface area contributed by atoms with Gasteiger partial charge in [0.25, 0.3) is 5.91 Å². The van der Waals surface area contributed by atoms with Crippen LogP contribution in [0, 0.1) is 5.92 Å². The summed E-state index contributed by atoms with van der Waals surface area (Å²) >= 11 is 6.09. The number of halogens is 1. The van der Waals surface area contributed by atoms with Crippen molar-refractivity contribution in [1.82, 2.24) is 9.88 Å². The topological polar surface area (TPSA) is 65.2 Å². The van der Waals surface area contributed by atoms with Gasteiger partial charge in [0.15, 0.2) is 0 Å². The Bertz CT molecular complexity index is 1090. The van der Waals surface area contributed by atoms with Gasteiger partial charge in [0, 0.05) is 18.1 Å². The predicted octanol–water partition coefficient (Wildman–Crippen LogP) is 4.66. The maximum atomic E-state index is 13.1. The molecule has 0 radical (unpaired) electrons. The SMILES string of the molecule is CC1CCc2[nH]c3c(C(=O)N(C)CC(=O)Nc4ccccc4Cl)cccc3c2C1. The number of carbonyl (C=O) groups excluding carboxylic acids is 2. The van der Waals surface area contributed by atoms with Gasteiger partial charge in [-0.2, -0.15) is 0 Å². The molecule has 2 aromatic carbocycles. The van der Waals surface area contributed by atoms with Crippen molar-refractivity contribution in [2.75, 3.05) is 18.9 Å². The Hall–Kier alpha value is -2.79. The Morgan fingerprint density at radius 3 is 2.79 bits per heavy atom. The highest BCUT2D eigenvalue weighted by atomic mass is 35.5. The standard InChI is InChI=1S/C23H24ClN3O2/c1-14-10-11-19-17(12-14)15-6-5-7-16(22(15)26-19)23(29)27(2)13-21(28)25-20-9-4-3-8-18(20)24/h3-9,14,26H,10-13H2,1-2H3,(H,25,28). The number of para-hydroxylation sites is 2. The second kappa shape index (κ2) is 7.91. The summed E-state index contributed by atoms with van der Waals surface area (Å²) in [6, 6.07) is 12.8. The normalized spacial score (nSPS) is 15.8. The van der Waals surface area contributed by atoms with Crippen LogP contribution in [0.4, 0.5) is 5.69 Å². The van der Waals surface area contributed by atoms with Crippen molar-refractivity contribution >= 4 is 40.0 Å².